The third-order valence-corrected chi connectivity index (χ3v) is 3.07. The first-order valence-electron chi connectivity index (χ1n) is 6.43. The van der Waals surface area contributed by atoms with Crippen molar-refractivity contribution in [2.75, 3.05) is 0 Å². The third kappa shape index (κ3) is 3.07. The number of carboxylic acids is 1. The molecule has 0 fully saturated rings. The molecule has 0 bridgehead atoms. The van der Waals surface area contributed by atoms with E-state index < -0.39 is 17.9 Å². The van der Waals surface area contributed by atoms with Crippen LogP contribution in [0.15, 0.2) is 24.3 Å². The van der Waals surface area contributed by atoms with Crippen molar-refractivity contribution >= 4 is 11.9 Å². The van der Waals surface area contributed by atoms with Crippen LogP contribution in [-0.2, 0) is 4.79 Å². The highest BCUT2D eigenvalue weighted by atomic mass is 16.4. The molecule has 110 valence electrons. The molecule has 0 aliphatic rings. The van der Waals surface area contributed by atoms with Gasteiger partial charge in [-0.1, -0.05) is 17.3 Å². The molecule has 2 rings (SSSR count). The largest absolute Gasteiger partial charge is 0.480 e. The van der Waals surface area contributed by atoms with Gasteiger partial charge in [0.1, 0.15) is 6.04 Å². The van der Waals surface area contributed by atoms with Crippen LogP contribution in [0.2, 0.25) is 0 Å². The summed E-state index contributed by atoms with van der Waals surface area (Å²) in [5.41, 5.74) is 2.53. The zero-order valence-corrected chi connectivity index (χ0v) is 12.0. The Bertz CT molecular complexity index is 693. The smallest absolute Gasteiger partial charge is 0.325 e. The van der Waals surface area contributed by atoms with Crippen LogP contribution < -0.4 is 5.32 Å². The summed E-state index contributed by atoms with van der Waals surface area (Å²) in [6.45, 7) is 5.06. The number of aromatic nitrogens is 3. The molecule has 0 aliphatic heterocycles. The maximum Gasteiger partial charge on any atom is 0.325 e. The van der Waals surface area contributed by atoms with E-state index in [4.69, 9.17) is 5.11 Å². The highest BCUT2D eigenvalue weighted by Gasteiger charge is 2.21. The van der Waals surface area contributed by atoms with Crippen molar-refractivity contribution < 1.29 is 14.7 Å². The van der Waals surface area contributed by atoms with Crippen molar-refractivity contribution in [2.24, 2.45) is 0 Å². The van der Waals surface area contributed by atoms with Crippen LogP contribution >= 0.6 is 0 Å². The minimum Gasteiger partial charge on any atom is -0.480 e. The number of carboxylic acid groups (broad SMARTS) is 1. The van der Waals surface area contributed by atoms with Crippen molar-refractivity contribution in [1.82, 2.24) is 20.3 Å². The fourth-order valence-electron chi connectivity index (χ4n) is 1.87. The summed E-state index contributed by atoms with van der Waals surface area (Å²) in [5, 5.41) is 19.0. The fraction of sp³-hybridized carbons (Fsp3) is 0.286. The molecule has 1 atom stereocenters. The van der Waals surface area contributed by atoms with Crippen molar-refractivity contribution in [2.45, 2.75) is 26.8 Å². The van der Waals surface area contributed by atoms with E-state index in [0.717, 1.165) is 11.3 Å². The Kier molecular flexibility index (Phi) is 4.02. The van der Waals surface area contributed by atoms with Crippen LogP contribution in [0.25, 0.3) is 5.69 Å². The van der Waals surface area contributed by atoms with Gasteiger partial charge in [-0.3, -0.25) is 9.59 Å². The summed E-state index contributed by atoms with van der Waals surface area (Å²) in [7, 11) is 0. The molecule has 1 amide bonds. The molecule has 2 aromatic rings. The summed E-state index contributed by atoms with van der Waals surface area (Å²) < 4.78 is 1.55. The minimum absolute atomic E-state index is 0.115. The molecule has 1 aromatic carbocycles. The molecule has 0 spiro atoms. The van der Waals surface area contributed by atoms with Gasteiger partial charge in [-0.05, 0) is 38.5 Å². The Balaban J connectivity index is 2.29. The van der Waals surface area contributed by atoms with Gasteiger partial charge in [0.15, 0.2) is 5.69 Å². The molecule has 0 saturated heterocycles. The summed E-state index contributed by atoms with van der Waals surface area (Å²) in [6.07, 6.45) is 0. The number of rotatable bonds is 4. The molecular formula is C14H16N4O3. The maximum atomic E-state index is 12.0. The number of hydrogen-bond acceptors (Lipinski definition) is 4. The Labute approximate surface area is 121 Å². The number of aliphatic carboxylic acids is 1. The fourth-order valence-corrected chi connectivity index (χ4v) is 1.87. The molecule has 1 unspecified atom stereocenters. The van der Waals surface area contributed by atoms with E-state index in [0.29, 0.717) is 5.69 Å². The number of nitrogens with zero attached hydrogens (tertiary/aromatic N) is 3. The number of aryl methyl sites for hydroxylation is 1. The number of hydrogen-bond donors (Lipinski definition) is 2. The van der Waals surface area contributed by atoms with Gasteiger partial charge in [0.25, 0.3) is 5.91 Å². The predicted molar refractivity (Wildman–Crippen MR) is 75.4 cm³/mol. The Hall–Kier alpha value is -2.70. The van der Waals surface area contributed by atoms with E-state index in [2.05, 4.69) is 15.6 Å². The van der Waals surface area contributed by atoms with Crippen LogP contribution in [0.5, 0.6) is 0 Å². The van der Waals surface area contributed by atoms with E-state index in [1.165, 1.54) is 6.92 Å². The molecule has 0 aliphatic carbocycles. The van der Waals surface area contributed by atoms with E-state index in [1.807, 2.05) is 31.2 Å². The van der Waals surface area contributed by atoms with Gasteiger partial charge in [-0.25, -0.2) is 4.68 Å². The first-order valence-corrected chi connectivity index (χ1v) is 6.43. The minimum atomic E-state index is -1.10. The molecule has 2 N–H and O–H groups in total. The van der Waals surface area contributed by atoms with Crippen molar-refractivity contribution in [1.29, 1.82) is 0 Å². The molecule has 21 heavy (non-hydrogen) atoms. The Morgan fingerprint density at radius 3 is 2.67 bits per heavy atom. The lowest BCUT2D eigenvalue weighted by Crippen LogP contribution is -2.38. The van der Waals surface area contributed by atoms with Gasteiger partial charge in [0.2, 0.25) is 0 Å². The molecule has 1 heterocycles. The summed E-state index contributed by atoms with van der Waals surface area (Å²) in [6, 6.07) is 6.64. The van der Waals surface area contributed by atoms with Crippen molar-refractivity contribution in [3.8, 4) is 5.69 Å². The summed E-state index contributed by atoms with van der Waals surface area (Å²) in [5.74, 6) is -1.66. The molecule has 0 saturated carbocycles. The van der Waals surface area contributed by atoms with Crippen LogP contribution in [-0.4, -0.2) is 38.0 Å². The lowest BCUT2D eigenvalue weighted by atomic mass is 10.2. The van der Waals surface area contributed by atoms with Gasteiger partial charge >= 0.3 is 5.97 Å². The Morgan fingerprint density at radius 1 is 1.33 bits per heavy atom. The molecule has 1 aromatic heterocycles. The molecular weight excluding hydrogens is 272 g/mol. The predicted octanol–water partition coefficient (Wildman–Crippen LogP) is 1.09. The molecule has 7 heteroatoms. The van der Waals surface area contributed by atoms with Gasteiger partial charge in [0.05, 0.1) is 11.4 Å². The summed E-state index contributed by atoms with van der Waals surface area (Å²) >= 11 is 0. The van der Waals surface area contributed by atoms with Crippen molar-refractivity contribution in [3.63, 3.8) is 0 Å². The zero-order valence-electron chi connectivity index (χ0n) is 12.0. The number of benzene rings is 1. The third-order valence-electron chi connectivity index (χ3n) is 3.07. The first kappa shape index (κ1) is 14.7. The number of carbonyl (C=O) groups is 2. The molecule has 7 nitrogen and oxygen atoms in total. The lowest BCUT2D eigenvalue weighted by Gasteiger charge is -2.08. The topological polar surface area (TPSA) is 97.1 Å². The van der Waals surface area contributed by atoms with E-state index >= 15 is 0 Å². The van der Waals surface area contributed by atoms with Gasteiger partial charge in [-0.2, -0.15) is 0 Å². The monoisotopic (exact) mass is 288 g/mol. The second-order valence-corrected chi connectivity index (χ2v) is 4.81. The highest BCUT2D eigenvalue weighted by molar-refractivity contribution is 5.95. The first-order chi connectivity index (χ1) is 9.90. The lowest BCUT2D eigenvalue weighted by molar-refractivity contribution is -0.138. The van der Waals surface area contributed by atoms with Gasteiger partial charge in [0, 0.05) is 0 Å². The quantitative estimate of drug-likeness (QED) is 0.877. The average molecular weight is 288 g/mol. The standard InChI is InChI=1S/C14H16N4O3/c1-8-5-4-6-11(7-8)18-10(3)12(16-17-18)13(19)15-9(2)14(20)21/h4-7,9H,1-3H3,(H,15,19)(H,20,21). The maximum absolute atomic E-state index is 12.0. The van der Waals surface area contributed by atoms with Gasteiger partial charge in [-0.15, -0.1) is 5.10 Å². The number of nitrogens with one attached hydrogen (secondary N) is 1. The van der Waals surface area contributed by atoms with Crippen molar-refractivity contribution in [3.05, 3.63) is 41.2 Å². The van der Waals surface area contributed by atoms with Crippen LogP contribution in [0, 0.1) is 13.8 Å². The van der Waals surface area contributed by atoms with Gasteiger partial charge < -0.3 is 10.4 Å². The van der Waals surface area contributed by atoms with E-state index in [9.17, 15) is 9.59 Å². The highest BCUT2D eigenvalue weighted by Crippen LogP contribution is 2.13. The van der Waals surface area contributed by atoms with Crippen LogP contribution in [0.4, 0.5) is 0 Å². The Morgan fingerprint density at radius 2 is 2.05 bits per heavy atom. The van der Waals surface area contributed by atoms with E-state index in [-0.39, 0.29) is 5.69 Å². The van der Waals surface area contributed by atoms with E-state index in [1.54, 1.807) is 11.6 Å². The zero-order chi connectivity index (χ0) is 15.6. The van der Waals surface area contributed by atoms with Crippen LogP contribution in [0.3, 0.4) is 0 Å². The number of carbonyl (C=O) groups excluding carboxylic acids is 1. The number of amides is 1. The average Bonchev–Trinajstić information content (AvgIpc) is 2.80. The van der Waals surface area contributed by atoms with Crippen LogP contribution in [0.1, 0.15) is 28.7 Å². The normalized spacial score (nSPS) is 12.0. The second-order valence-electron chi connectivity index (χ2n) is 4.81. The SMILES string of the molecule is Cc1cccc(-n2nnc(C(=O)NC(C)C(=O)O)c2C)c1. The molecule has 0 radical (unpaired) electrons. The second kappa shape index (κ2) is 5.74. The summed E-state index contributed by atoms with van der Waals surface area (Å²) in [4.78, 5) is 22.8.